The molecular formula is C23H20FNO4S. The highest BCUT2D eigenvalue weighted by atomic mass is 32.1. The van der Waals surface area contributed by atoms with Crippen LogP contribution in [0.2, 0.25) is 0 Å². The zero-order valence-electron chi connectivity index (χ0n) is 16.3. The molecule has 0 fully saturated rings. The van der Waals surface area contributed by atoms with Crippen molar-refractivity contribution >= 4 is 28.9 Å². The maximum absolute atomic E-state index is 13.4. The smallest absolute Gasteiger partial charge is 0.346 e. The number of benzene rings is 2. The summed E-state index contributed by atoms with van der Waals surface area (Å²) in [5.41, 5.74) is 2.29. The summed E-state index contributed by atoms with van der Waals surface area (Å²) >= 11 is 1.14. The average Bonchev–Trinajstić information content (AvgIpc) is 3.12. The molecule has 2 N–H and O–H groups in total. The van der Waals surface area contributed by atoms with Gasteiger partial charge in [0.1, 0.15) is 16.4 Å². The molecule has 0 bridgehead atoms. The molecule has 0 spiro atoms. The number of fused-ring (bicyclic) bond motifs is 1. The lowest BCUT2D eigenvalue weighted by atomic mass is 9.88. The Morgan fingerprint density at radius 3 is 2.67 bits per heavy atom. The number of ether oxygens (including phenoxy) is 1. The Morgan fingerprint density at radius 1 is 1.23 bits per heavy atom. The molecular weight excluding hydrogens is 405 g/mol. The fourth-order valence-corrected chi connectivity index (χ4v) is 4.93. The monoisotopic (exact) mass is 425 g/mol. The number of carboxylic acid groups (broad SMARTS) is 1. The minimum absolute atomic E-state index is 0.116. The lowest BCUT2D eigenvalue weighted by molar-refractivity contribution is -0.116. The second kappa shape index (κ2) is 8.28. The second-order valence-corrected chi connectivity index (χ2v) is 8.10. The van der Waals surface area contributed by atoms with E-state index in [2.05, 4.69) is 5.32 Å². The third-order valence-electron chi connectivity index (χ3n) is 4.99. The summed E-state index contributed by atoms with van der Waals surface area (Å²) in [6.07, 6.45) is 1.05. The first kappa shape index (κ1) is 20.1. The van der Waals surface area contributed by atoms with Gasteiger partial charge in [0, 0.05) is 28.3 Å². The summed E-state index contributed by atoms with van der Waals surface area (Å²) in [4.78, 5) is 25.5. The molecule has 0 saturated carbocycles. The molecule has 0 aliphatic carbocycles. The van der Waals surface area contributed by atoms with Crippen LogP contribution in [0.15, 0.2) is 48.5 Å². The van der Waals surface area contributed by atoms with Crippen molar-refractivity contribution in [1.29, 1.82) is 0 Å². The minimum atomic E-state index is -1.09. The highest BCUT2D eigenvalue weighted by Crippen LogP contribution is 2.50. The first-order chi connectivity index (χ1) is 14.5. The Kier molecular flexibility index (Phi) is 5.55. The van der Waals surface area contributed by atoms with E-state index in [0.29, 0.717) is 29.2 Å². The third kappa shape index (κ3) is 3.68. The van der Waals surface area contributed by atoms with Gasteiger partial charge in [0.05, 0.1) is 12.3 Å². The van der Waals surface area contributed by atoms with Crippen LogP contribution in [0, 0.1) is 5.82 Å². The average molecular weight is 425 g/mol. The van der Waals surface area contributed by atoms with Crippen LogP contribution in [0.5, 0.6) is 5.75 Å². The number of carbonyl (C=O) groups excluding carboxylic acids is 1. The van der Waals surface area contributed by atoms with E-state index in [9.17, 15) is 19.1 Å². The van der Waals surface area contributed by atoms with Gasteiger partial charge in [-0.15, -0.1) is 11.3 Å². The van der Waals surface area contributed by atoms with Crippen LogP contribution in [0.1, 0.15) is 45.8 Å². The summed E-state index contributed by atoms with van der Waals surface area (Å²) in [7, 11) is 0. The van der Waals surface area contributed by atoms with Gasteiger partial charge in [0.2, 0.25) is 5.91 Å². The maximum atomic E-state index is 13.4. The largest absolute Gasteiger partial charge is 0.493 e. The van der Waals surface area contributed by atoms with Crippen molar-refractivity contribution in [1.82, 2.24) is 0 Å². The van der Waals surface area contributed by atoms with E-state index in [-0.39, 0.29) is 23.1 Å². The molecule has 2 aromatic carbocycles. The standard InChI is InChI=1S/C23H20FNO4S/c1-2-11-29-17-6-4-3-5-15(17)16-12-18(26)25-20-19(13-7-9-14(24)10-8-13)22(23(27)28)30-21(16)20/h3-10,16H,2,11-12H2,1H3,(H,25,26)(H,27,28)/t16-/m1/s1. The van der Waals surface area contributed by atoms with Gasteiger partial charge in [-0.05, 0) is 30.2 Å². The third-order valence-corrected chi connectivity index (χ3v) is 6.28. The molecule has 30 heavy (non-hydrogen) atoms. The fourth-order valence-electron chi connectivity index (χ4n) is 3.69. The summed E-state index contributed by atoms with van der Waals surface area (Å²) in [6, 6.07) is 13.1. The van der Waals surface area contributed by atoms with Crippen LogP contribution in [0.25, 0.3) is 11.1 Å². The van der Waals surface area contributed by atoms with E-state index < -0.39 is 11.8 Å². The van der Waals surface area contributed by atoms with Crippen molar-refractivity contribution in [3.8, 4) is 16.9 Å². The first-order valence-corrected chi connectivity index (χ1v) is 10.5. The molecule has 1 aromatic heterocycles. The van der Waals surface area contributed by atoms with Crippen LogP contribution < -0.4 is 10.1 Å². The summed E-state index contributed by atoms with van der Waals surface area (Å²) in [5.74, 6) is -1.32. The van der Waals surface area contributed by atoms with Gasteiger partial charge >= 0.3 is 5.97 Å². The molecule has 0 unspecified atom stereocenters. The van der Waals surface area contributed by atoms with Crippen LogP contribution in [-0.4, -0.2) is 23.6 Å². The van der Waals surface area contributed by atoms with Crippen molar-refractivity contribution in [3.63, 3.8) is 0 Å². The molecule has 1 amide bonds. The molecule has 0 radical (unpaired) electrons. The Balaban J connectivity index is 1.89. The SMILES string of the molecule is CCCOc1ccccc1[C@H]1CC(=O)Nc2c1sc(C(=O)O)c2-c1ccc(F)cc1. The fraction of sp³-hybridized carbons (Fsp3) is 0.217. The molecule has 2 heterocycles. The van der Waals surface area contributed by atoms with Crippen LogP contribution in [0.4, 0.5) is 10.1 Å². The number of amides is 1. The highest BCUT2D eigenvalue weighted by Gasteiger charge is 2.35. The predicted octanol–water partition coefficient (Wildman–Crippen LogP) is 5.52. The van der Waals surface area contributed by atoms with Crippen LogP contribution >= 0.6 is 11.3 Å². The molecule has 1 aliphatic rings. The topological polar surface area (TPSA) is 75.6 Å². The Labute approximate surface area is 177 Å². The normalized spacial score (nSPS) is 15.4. The van der Waals surface area contributed by atoms with Gasteiger partial charge in [0.15, 0.2) is 0 Å². The van der Waals surface area contributed by atoms with Gasteiger partial charge in [-0.3, -0.25) is 4.79 Å². The van der Waals surface area contributed by atoms with Crippen LogP contribution in [0.3, 0.4) is 0 Å². The Bertz CT molecular complexity index is 1110. The lowest BCUT2D eigenvalue weighted by Crippen LogP contribution is -2.23. The molecule has 1 atom stereocenters. The zero-order valence-corrected chi connectivity index (χ0v) is 17.1. The number of aromatic carboxylic acids is 1. The van der Waals surface area contributed by atoms with Crippen molar-refractivity contribution in [2.45, 2.75) is 25.7 Å². The van der Waals surface area contributed by atoms with E-state index in [1.807, 2.05) is 31.2 Å². The number of hydrogen-bond donors (Lipinski definition) is 2. The molecule has 3 aromatic rings. The van der Waals surface area contributed by atoms with Gasteiger partial charge in [-0.25, -0.2) is 9.18 Å². The van der Waals surface area contributed by atoms with E-state index in [0.717, 1.165) is 28.2 Å². The number of thiophene rings is 1. The molecule has 4 rings (SSSR count). The van der Waals surface area contributed by atoms with E-state index >= 15 is 0 Å². The Hall–Kier alpha value is -3.19. The first-order valence-electron chi connectivity index (χ1n) is 9.67. The molecule has 5 nitrogen and oxygen atoms in total. The number of hydrogen-bond acceptors (Lipinski definition) is 4. The van der Waals surface area contributed by atoms with Gasteiger partial charge in [-0.2, -0.15) is 0 Å². The number of para-hydroxylation sites is 1. The van der Waals surface area contributed by atoms with Crippen molar-refractivity contribution in [2.75, 3.05) is 11.9 Å². The van der Waals surface area contributed by atoms with Gasteiger partial charge in [-0.1, -0.05) is 37.3 Å². The summed E-state index contributed by atoms with van der Waals surface area (Å²) in [6.45, 7) is 2.57. The molecule has 0 saturated heterocycles. The van der Waals surface area contributed by atoms with Crippen molar-refractivity contribution < 1.29 is 23.8 Å². The highest BCUT2D eigenvalue weighted by molar-refractivity contribution is 7.15. The van der Waals surface area contributed by atoms with Crippen molar-refractivity contribution in [2.24, 2.45) is 0 Å². The molecule has 154 valence electrons. The van der Waals surface area contributed by atoms with Crippen molar-refractivity contribution in [3.05, 3.63) is 69.7 Å². The van der Waals surface area contributed by atoms with E-state index in [1.54, 1.807) is 0 Å². The number of rotatable bonds is 6. The molecule has 1 aliphatic heterocycles. The van der Waals surface area contributed by atoms with Gasteiger partial charge in [0.25, 0.3) is 0 Å². The zero-order chi connectivity index (χ0) is 21.3. The summed E-state index contributed by atoms with van der Waals surface area (Å²) < 4.78 is 19.3. The van der Waals surface area contributed by atoms with Gasteiger partial charge < -0.3 is 15.2 Å². The number of anilines is 1. The minimum Gasteiger partial charge on any atom is -0.493 e. The maximum Gasteiger partial charge on any atom is 0.346 e. The number of halogens is 1. The number of carbonyl (C=O) groups is 2. The van der Waals surface area contributed by atoms with E-state index in [4.69, 9.17) is 4.74 Å². The quantitative estimate of drug-likeness (QED) is 0.546. The summed E-state index contributed by atoms with van der Waals surface area (Å²) in [5, 5.41) is 12.7. The Morgan fingerprint density at radius 2 is 1.97 bits per heavy atom. The number of carboxylic acids is 1. The lowest BCUT2D eigenvalue weighted by Gasteiger charge is -2.25. The predicted molar refractivity (Wildman–Crippen MR) is 114 cm³/mol. The second-order valence-electron chi connectivity index (χ2n) is 7.05. The molecule has 7 heteroatoms. The van der Waals surface area contributed by atoms with Crippen LogP contribution in [-0.2, 0) is 4.79 Å². The number of nitrogens with one attached hydrogen (secondary N) is 1. The van der Waals surface area contributed by atoms with E-state index in [1.165, 1.54) is 24.3 Å².